The smallest absolute Gasteiger partial charge is 0.340 e. The van der Waals surface area contributed by atoms with Crippen molar-refractivity contribution in [2.45, 2.75) is 26.3 Å². The summed E-state index contributed by atoms with van der Waals surface area (Å²) in [7, 11) is 1.60. The fourth-order valence-electron chi connectivity index (χ4n) is 3.65. The molecule has 1 unspecified atom stereocenters. The van der Waals surface area contributed by atoms with Crippen LogP contribution in [-0.4, -0.2) is 50.5 Å². The van der Waals surface area contributed by atoms with Gasteiger partial charge in [-0.15, -0.1) is 0 Å². The van der Waals surface area contributed by atoms with Crippen LogP contribution in [0, 0.1) is 0 Å². The Balaban J connectivity index is 2.07. The van der Waals surface area contributed by atoms with Gasteiger partial charge in [-0.05, 0) is 37.5 Å². The van der Waals surface area contributed by atoms with Gasteiger partial charge in [0.15, 0.2) is 0 Å². The van der Waals surface area contributed by atoms with Crippen LogP contribution in [0.2, 0.25) is 0 Å². The first-order valence-electron chi connectivity index (χ1n) is 10.9. The molecule has 0 spiro atoms. The van der Waals surface area contributed by atoms with Crippen molar-refractivity contribution >= 4 is 18.1 Å². The fourth-order valence-corrected chi connectivity index (χ4v) is 3.65. The summed E-state index contributed by atoms with van der Waals surface area (Å²) >= 11 is 0. The number of hydrogen-bond donors (Lipinski definition) is 3. The molecule has 1 saturated heterocycles. The van der Waals surface area contributed by atoms with Crippen molar-refractivity contribution in [3.05, 3.63) is 70.3 Å². The average molecular weight is 437 g/mol. The highest BCUT2D eigenvalue weighted by Gasteiger charge is 2.24. The van der Waals surface area contributed by atoms with E-state index in [2.05, 4.69) is 16.7 Å². The van der Waals surface area contributed by atoms with Crippen molar-refractivity contribution in [1.82, 2.24) is 10.6 Å². The summed E-state index contributed by atoms with van der Waals surface area (Å²) in [6.45, 7) is 6.93. The van der Waals surface area contributed by atoms with Crippen molar-refractivity contribution < 1.29 is 19.4 Å². The van der Waals surface area contributed by atoms with Crippen LogP contribution >= 0.6 is 0 Å². The molecular formula is C26H32N2O4. The van der Waals surface area contributed by atoms with Crippen LogP contribution in [0.1, 0.15) is 40.9 Å². The lowest BCUT2D eigenvalue weighted by atomic mass is 9.97. The maximum absolute atomic E-state index is 12.4. The Morgan fingerprint density at radius 2 is 1.97 bits per heavy atom. The van der Waals surface area contributed by atoms with Crippen LogP contribution < -0.4 is 20.1 Å². The molecule has 1 fully saturated rings. The number of rotatable bonds is 9. The molecule has 2 aromatic carbocycles. The number of aromatic carboxylic acids is 1. The number of piperazine rings is 1. The zero-order valence-corrected chi connectivity index (χ0v) is 19.0. The number of hydrogen-bond acceptors (Lipinski definition) is 5. The number of carboxylic acids is 1. The van der Waals surface area contributed by atoms with Gasteiger partial charge in [0, 0.05) is 25.2 Å². The molecule has 0 saturated carbocycles. The lowest BCUT2D eigenvalue weighted by Gasteiger charge is -2.26. The molecule has 1 heterocycles. The minimum Gasteiger partial charge on any atom is -0.496 e. The summed E-state index contributed by atoms with van der Waals surface area (Å²) in [5.74, 6) is -0.0390. The van der Waals surface area contributed by atoms with Crippen molar-refractivity contribution in [2.75, 3.05) is 33.4 Å². The van der Waals surface area contributed by atoms with Crippen molar-refractivity contribution in [2.24, 2.45) is 0 Å². The summed E-state index contributed by atoms with van der Waals surface area (Å²) in [5, 5.41) is 16.9. The summed E-state index contributed by atoms with van der Waals surface area (Å²) in [4.78, 5) is 12.4. The van der Waals surface area contributed by atoms with E-state index in [1.54, 1.807) is 19.3 Å². The normalized spacial score (nSPS) is 16.0. The lowest BCUT2D eigenvalue weighted by molar-refractivity contribution is 0.0691. The molecule has 0 radical (unpaired) electrons. The van der Waals surface area contributed by atoms with Crippen LogP contribution in [0.4, 0.5) is 0 Å². The minimum absolute atomic E-state index is 0.108. The number of carbonyl (C=O) groups is 1. The number of methoxy groups -OCH3 is 1. The maximum Gasteiger partial charge on any atom is 0.340 e. The third kappa shape index (κ3) is 6.22. The van der Waals surface area contributed by atoms with Crippen molar-refractivity contribution in [1.29, 1.82) is 0 Å². The highest BCUT2D eigenvalue weighted by atomic mass is 16.5. The van der Waals surface area contributed by atoms with Crippen LogP contribution in [-0.2, 0) is 6.42 Å². The highest BCUT2D eigenvalue weighted by molar-refractivity contribution is 5.97. The first-order chi connectivity index (χ1) is 15.5. The molecule has 3 rings (SSSR count). The molecule has 6 heteroatoms. The molecule has 32 heavy (non-hydrogen) atoms. The average Bonchev–Trinajstić information content (AvgIpc) is 2.80. The third-order valence-corrected chi connectivity index (χ3v) is 5.33. The van der Waals surface area contributed by atoms with E-state index >= 15 is 0 Å². The largest absolute Gasteiger partial charge is 0.496 e. The Morgan fingerprint density at radius 3 is 2.59 bits per heavy atom. The topological polar surface area (TPSA) is 79.8 Å². The van der Waals surface area contributed by atoms with Crippen LogP contribution in [0.25, 0.3) is 12.2 Å². The molecule has 0 amide bonds. The van der Waals surface area contributed by atoms with Gasteiger partial charge in [0.25, 0.3) is 0 Å². The van der Waals surface area contributed by atoms with Crippen molar-refractivity contribution in [3.63, 3.8) is 0 Å². The summed E-state index contributed by atoms with van der Waals surface area (Å²) in [6.07, 6.45) is 6.28. The first kappa shape index (κ1) is 23.6. The van der Waals surface area contributed by atoms with Gasteiger partial charge in [0.05, 0.1) is 13.2 Å². The van der Waals surface area contributed by atoms with E-state index in [0.717, 1.165) is 36.3 Å². The second kappa shape index (κ2) is 11.5. The Bertz CT molecular complexity index is 973. The quantitative estimate of drug-likeness (QED) is 0.407. The Labute approximate surface area is 189 Å². The molecule has 3 N–H and O–H groups in total. The first-order valence-corrected chi connectivity index (χ1v) is 10.9. The molecule has 0 aliphatic carbocycles. The van der Waals surface area contributed by atoms with Gasteiger partial charge >= 0.3 is 5.97 Å². The molecule has 0 bridgehead atoms. The van der Waals surface area contributed by atoms with Gasteiger partial charge in [-0.1, -0.05) is 54.1 Å². The van der Waals surface area contributed by atoms with Crippen LogP contribution in [0.15, 0.2) is 48.0 Å². The zero-order valence-electron chi connectivity index (χ0n) is 19.0. The van der Waals surface area contributed by atoms with Gasteiger partial charge < -0.3 is 25.2 Å². The lowest BCUT2D eigenvalue weighted by Crippen LogP contribution is -2.51. The summed E-state index contributed by atoms with van der Waals surface area (Å²) < 4.78 is 11.9. The molecule has 2 aromatic rings. The van der Waals surface area contributed by atoms with Crippen LogP contribution in [0.3, 0.4) is 0 Å². The number of carboxylic acid groups (broad SMARTS) is 1. The van der Waals surface area contributed by atoms with Gasteiger partial charge in [0.1, 0.15) is 23.7 Å². The van der Waals surface area contributed by atoms with Gasteiger partial charge in [0.2, 0.25) is 0 Å². The maximum atomic E-state index is 12.4. The van der Waals surface area contributed by atoms with Crippen molar-refractivity contribution in [3.8, 4) is 11.5 Å². The van der Waals surface area contributed by atoms with E-state index < -0.39 is 5.97 Å². The SMILES string of the molecule is COc1cc(/C=C/c2ccccc2)c(C(=O)O)c(OCC2CNCCN2)c1CC=C(C)C. The molecule has 1 aliphatic rings. The summed E-state index contributed by atoms with van der Waals surface area (Å²) in [6, 6.07) is 11.7. The summed E-state index contributed by atoms with van der Waals surface area (Å²) in [5.41, 5.74) is 3.56. The zero-order chi connectivity index (χ0) is 22.9. The van der Waals surface area contributed by atoms with E-state index in [4.69, 9.17) is 9.47 Å². The highest BCUT2D eigenvalue weighted by Crippen LogP contribution is 2.37. The number of ether oxygens (including phenoxy) is 2. The Morgan fingerprint density at radius 1 is 1.19 bits per heavy atom. The molecular weight excluding hydrogens is 404 g/mol. The van der Waals surface area contributed by atoms with Crippen LogP contribution in [0.5, 0.6) is 11.5 Å². The Kier molecular flexibility index (Phi) is 8.48. The second-order valence-electron chi connectivity index (χ2n) is 8.05. The Hall–Kier alpha value is -3.09. The molecule has 170 valence electrons. The standard InChI is InChI=1S/C26H32N2O4/c1-18(2)9-12-22-23(31-3)15-20(11-10-19-7-5-4-6-8-19)24(26(29)30)25(22)32-17-21-16-27-13-14-28-21/h4-11,15,21,27-28H,12-14,16-17H2,1-3H3,(H,29,30)/b11-10+. The van der Waals surface area contributed by atoms with Gasteiger partial charge in [-0.3, -0.25) is 0 Å². The second-order valence-corrected chi connectivity index (χ2v) is 8.05. The molecule has 1 aliphatic heterocycles. The van der Waals surface area contributed by atoms with E-state index in [-0.39, 0.29) is 11.6 Å². The number of nitrogens with one attached hydrogen (secondary N) is 2. The monoisotopic (exact) mass is 436 g/mol. The predicted molar refractivity (Wildman–Crippen MR) is 129 cm³/mol. The predicted octanol–water partition coefficient (Wildman–Crippen LogP) is 4.01. The van der Waals surface area contributed by atoms with E-state index in [0.29, 0.717) is 30.1 Å². The fraction of sp³-hybridized carbons (Fsp3) is 0.346. The molecule has 6 nitrogen and oxygen atoms in total. The van der Waals surface area contributed by atoms with E-state index in [9.17, 15) is 9.90 Å². The number of allylic oxidation sites excluding steroid dienone is 2. The number of benzene rings is 2. The van der Waals surface area contributed by atoms with E-state index in [1.165, 1.54) is 0 Å². The molecule has 0 aromatic heterocycles. The third-order valence-electron chi connectivity index (χ3n) is 5.33. The van der Waals surface area contributed by atoms with Gasteiger partial charge in [-0.25, -0.2) is 4.79 Å². The van der Waals surface area contributed by atoms with E-state index in [1.807, 2.05) is 50.3 Å². The molecule has 1 atom stereocenters. The minimum atomic E-state index is -1.02. The van der Waals surface area contributed by atoms with Gasteiger partial charge in [-0.2, -0.15) is 0 Å².